The molecule has 0 saturated carbocycles. The second kappa shape index (κ2) is 9.68. The number of amides is 2. The van der Waals surface area contributed by atoms with Gasteiger partial charge in [-0.3, -0.25) is 9.59 Å². The molecule has 2 heterocycles. The molecule has 0 radical (unpaired) electrons. The molecule has 0 aliphatic carbocycles. The highest BCUT2D eigenvalue weighted by molar-refractivity contribution is 6.00. The summed E-state index contributed by atoms with van der Waals surface area (Å²) in [5.74, 6) is 1.03. The molecule has 1 N–H and O–H groups in total. The first-order chi connectivity index (χ1) is 15.1. The third kappa shape index (κ3) is 5.25. The molecule has 0 aromatic heterocycles. The summed E-state index contributed by atoms with van der Waals surface area (Å²) in [7, 11) is 0. The lowest BCUT2D eigenvalue weighted by molar-refractivity contribution is -0.126. The first-order valence-corrected chi connectivity index (χ1v) is 10.5. The Morgan fingerprint density at radius 2 is 1.87 bits per heavy atom. The van der Waals surface area contributed by atoms with Gasteiger partial charge in [0.2, 0.25) is 11.8 Å². The maximum atomic E-state index is 12.9. The van der Waals surface area contributed by atoms with Gasteiger partial charge >= 0.3 is 0 Å². The van der Waals surface area contributed by atoms with Gasteiger partial charge < -0.3 is 24.4 Å². The Labute approximate surface area is 180 Å². The average molecular weight is 428 g/mol. The van der Waals surface area contributed by atoms with Crippen LogP contribution in [-0.4, -0.2) is 44.7 Å². The third-order valence-corrected chi connectivity index (χ3v) is 5.29. The van der Waals surface area contributed by atoms with E-state index >= 15 is 0 Å². The van der Waals surface area contributed by atoms with Crippen LogP contribution in [0, 0.1) is 11.7 Å². The smallest absolute Gasteiger partial charge is 0.227 e. The van der Waals surface area contributed by atoms with E-state index in [9.17, 15) is 14.0 Å². The molecule has 2 aliphatic heterocycles. The van der Waals surface area contributed by atoms with Gasteiger partial charge in [-0.05, 0) is 49.2 Å². The minimum atomic E-state index is -0.379. The lowest BCUT2D eigenvalue weighted by Crippen LogP contribution is -2.33. The number of ether oxygens (including phenoxy) is 3. The van der Waals surface area contributed by atoms with Crippen molar-refractivity contribution in [3.05, 3.63) is 48.3 Å². The highest BCUT2D eigenvalue weighted by Crippen LogP contribution is 2.35. The van der Waals surface area contributed by atoms with Crippen molar-refractivity contribution in [3.63, 3.8) is 0 Å². The van der Waals surface area contributed by atoms with Crippen molar-refractivity contribution in [2.24, 2.45) is 5.92 Å². The molecule has 2 aromatic rings. The SMILES string of the molecule is O=C(NCCCCOc1ccc(F)cc1)C1CC(=O)N(c2ccc3c(c2)OCCO3)C1. The summed E-state index contributed by atoms with van der Waals surface area (Å²) in [6.45, 7) is 2.33. The Morgan fingerprint density at radius 3 is 2.68 bits per heavy atom. The summed E-state index contributed by atoms with van der Waals surface area (Å²) in [4.78, 5) is 26.6. The van der Waals surface area contributed by atoms with Crippen LogP contribution in [0.4, 0.5) is 10.1 Å². The summed E-state index contributed by atoms with van der Waals surface area (Å²) < 4.78 is 29.5. The third-order valence-electron chi connectivity index (χ3n) is 5.29. The van der Waals surface area contributed by atoms with Crippen LogP contribution in [0.1, 0.15) is 19.3 Å². The zero-order valence-electron chi connectivity index (χ0n) is 17.1. The van der Waals surface area contributed by atoms with Crippen molar-refractivity contribution in [1.29, 1.82) is 0 Å². The number of fused-ring (bicyclic) bond motifs is 1. The molecular weight excluding hydrogens is 403 g/mol. The van der Waals surface area contributed by atoms with Crippen molar-refractivity contribution in [3.8, 4) is 17.2 Å². The van der Waals surface area contributed by atoms with E-state index in [1.165, 1.54) is 12.1 Å². The van der Waals surface area contributed by atoms with Crippen molar-refractivity contribution >= 4 is 17.5 Å². The molecule has 1 unspecified atom stereocenters. The first-order valence-electron chi connectivity index (χ1n) is 10.5. The molecule has 1 fully saturated rings. The molecule has 0 bridgehead atoms. The molecule has 1 atom stereocenters. The number of nitrogens with one attached hydrogen (secondary N) is 1. The van der Waals surface area contributed by atoms with E-state index in [2.05, 4.69) is 5.32 Å². The van der Waals surface area contributed by atoms with Gasteiger partial charge in [0.1, 0.15) is 24.8 Å². The van der Waals surface area contributed by atoms with Crippen LogP contribution in [0.15, 0.2) is 42.5 Å². The Hall–Kier alpha value is -3.29. The van der Waals surface area contributed by atoms with E-state index in [0.29, 0.717) is 55.8 Å². The Bertz CT molecular complexity index is 934. The number of unbranched alkanes of at least 4 members (excludes halogenated alkanes) is 1. The second-order valence-corrected chi connectivity index (χ2v) is 7.53. The lowest BCUT2D eigenvalue weighted by Gasteiger charge is -2.22. The standard InChI is InChI=1S/C23H25FN2O5/c24-17-3-6-19(7-4-17)29-10-2-1-9-25-23(28)16-13-22(27)26(15-16)18-5-8-20-21(14-18)31-12-11-30-20/h3-8,14,16H,1-2,9-13,15H2,(H,25,28). The summed E-state index contributed by atoms with van der Waals surface area (Å²) in [5, 5.41) is 2.91. The van der Waals surface area contributed by atoms with Crippen LogP contribution in [0.2, 0.25) is 0 Å². The van der Waals surface area contributed by atoms with E-state index in [0.717, 1.165) is 12.8 Å². The maximum Gasteiger partial charge on any atom is 0.227 e. The number of nitrogens with zero attached hydrogens (tertiary/aromatic N) is 1. The number of hydrogen-bond donors (Lipinski definition) is 1. The van der Waals surface area contributed by atoms with Crippen LogP contribution in [0.3, 0.4) is 0 Å². The Morgan fingerprint density at radius 1 is 1.10 bits per heavy atom. The molecule has 1 saturated heterocycles. The molecule has 2 aliphatic rings. The fourth-order valence-corrected chi connectivity index (χ4v) is 3.64. The lowest BCUT2D eigenvalue weighted by atomic mass is 10.1. The van der Waals surface area contributed by atoms with Gasteiger partial charge in [-0.15, -0.1) is 0 Å². The highest BCUT2D eigenvalue weighted by Gasteiger charge is 2.35. The maximum absolute atomic E-state index is 12.9. The Balaban J connectivity index is 1.19. The minimum absolute atomic E-state index is 0.0791. The van der Waals surface area contributed by atoms with Crippen LogP contribution >= 0.6 is 0 Å². The van der Waals surface area contributed by atoms with E-state index in [-0.39, 0.29) is 30.0 Å². The number of carbonyl (C=O) groups excluding carboxylic acids is 2. The van der Waals surface area contributed by atoms with Crippen LogP contribution < -0.4 is 24.4 Å². The van der Waals surface area contributed by atoms with E-state index in [1.807, 2.05) is 6.07 Å². The molecular formula is C23H25FN2O5. The van der Waals surface area contributed by atoms with E-state index in [4.69, 9.17) is 14.2 Å². The average Bonchev–Trinajstić information content (AvgIpc) is 3.18. The van der Waals surface area contributed by atoms with Gasteiger partial charge in [0, 0.05) is 31.3 Å². The summed E-state index contributed by atoms with van der Waals surface area (Å²) in [6.07, 6.45) is 1.69. The molecule has 7 nitrogen and oxygen atoms in total. The van der Waals surface area contributed by atoms with Crippen LogP contribution in [0.25, 0.3) is 0 Å². The van der Waals surface area contributed by atoms with Gasteiger partial charge in [0.05, 0.1) is 12.5 Å². The molecule has 2 amide bonds. The van der Waals surface area contributed by atoms with Gasteiger partial charge in [-0.2, -0.15) is 0 Å². The minimum Gasteiger partial charge on any atom is -0.494 e. The number of carbonyl (C=O) groups is 2. The summed E-state index contributed by atoms with van der Waals surface area (Å²) >= 11 is 0. The van der Waals surface area contributed by atoms with Crippen molar-refractivity contribution in [2.75, 3.05) is 37.8 Å². The van der Waals surface area contributed by atoms with Gasteiger partial charge in [-0.1, -0.05) is 0 Å². The molecule has 4 rings (SSSR count). The zero-order chi connectivity index (χ0) is 21.6. The fraction of sp³-hybridized carbons (Fsp3) is 0.391. The molecule has 0 spiro atoms. The van der Waals surface area contributed by atoms with E-state index in [1.54, 1.807) is 29.2 Å². The molecule has 164 valence electrons. The first kappa shape index (κ1) is 21.0. The van der Waals surface area contributed by atoms with Crippen molar-refractivity contribution in [2.45, 2.75) is 19.3 Å². The fourth-order valence-electron chi connectivity index (χ4n) is 3.64. The number of rotatable bonds is 8. The predicted octanol–water partition coefficient (Wildman–Crippen LogP) is 2.93. The Kier molecular flexibility index (Phi) is 6.54. The largest absolute Gasteiger partial charge is 0.494 e. The van der Waals surface area contributed by atoms with Gasteiger partial charge in [0.25, 0.3) is 0 Å². The quantitative estimate of drug-likeness (QED) is 0.655. The molecule has 8 heteroatoms. The number of halogens is 1. The number of anilines is 1. The predicted molar refractivity (Wildman–Crippen MR) is 112 cm³/mol. The topological polar surface area (TPSA) is 77.1 Å². The van der Waals surface area contributed by atoms with Gasteiger partial charge in [-0.25, -0.2) is 4.39 Å². The van der Waals surface area contributed by atoms with E-state index < -0.39 is 0 Å². The highest BCUT2D eigenvalue weighted by atomic mass is 19.1. The molecule has 31 heavy (non-hydrogen) atoms. The van der Waals surface area contributed by atoms with Crippen molar-refractivity contribution in [1.82, 2.24) is 5.32 Å². The number of hydrogen-bond acceptors (Lipinski definition) is 5. The van der Waals surface area contributed by atoms with Crippen molar-refractivity contribution < 1.29 is 28.2 Å². The molecule has 2 aromatic carbocycles. The monoisotopic (exact) mass is 428 g/mol. The normalized spacial score (nSPS) is 17.5. The summed E-state index contributed by atoms with van der Waals surface area (Å²) in [6, 6.07) is 11.3. The number of benzene rings is 2. The summed E-state index contributed by atoms with van der Waals surface area (Å²) in [5.41, 5.74) is 0.711. The van der Waals surface area contributed by atoms with Crippen LogP contribution in [-0.2, 0) is 9.59 Å². The second-order valence-electron chi connectivity index (χ2n) is 7.53. The van der Waals surface area contributed by atoms with Crippen LogP contribution in [0.5, 0.6) is 17.2 Å². The van der Waals surface area contributed by atoms with Gasteiger partial charge in [0.15, 0.2) is 11.5 Å². The zero-order valence-corrected chi connectivity index (χ0v) is 17.1.